The van der Waals surface area contributed by atoms with Crippen molar-refractivity contribution in [1.29, 1.82) is 0 Å². The van der Waals surface area contributed by atoms with Crippen LogP contribution in [0.15, 0.2) is 18.2 Å². The van der Waals surface area contributed by atoms with Gasteiger partial charge in [-0.25, -0.2) is 0 Å². The maximum absolute atomic E-state index is 12.0. The van der Waals surface area contributed by atoms with Gasteiger partial charge < -0.3 is 11.1 Å². The Bertz CT molecular complexity index is 453. The van der Waals surface area contributed by atoms with Gasteiger partial charge in [-0.1, -0.05) is 6.07 Å². The molecule has 0 radical (unpaired) electrons. The monoisotopic (exact) mass is 261 g/mol. The number of hydrogen-bond donors (Lipinski definition) is 2. The Morgan fingerprint density at radius 2 is 2.11 bits per heavy atom. The van der Waals surface area contributed by atoms with E-state index in [1.54, 1.807) is 6.07 Å². The smallest absolute Gasteiger partial charge is 0.251 e. The molecule has 19 heavy (non-hydrogen) atoms. The minimum atomic E-state index is -0.0438. The number of aryl methyl sites for hydroxylation is 1. The topological polar surface area (TPSA) is 58.4 Å². The zero-order valence-electron chi connectivity index (χ0n) is 11.8. The van der Waals surface area contributed by atoms with Gasteiger partial charge in [0.1, 0.15) is 0 Å². The van der Waals surface area contributed by atoms with E-state index >= 15 is 0 Å². The van der Waals surface area contributed by atoms with Crippen molar-refractivity contribution < 1.29 is 4.79 Å². The molecule has 1 aromatic carbocycles. The summed E-state index contributed by atoms with van der Waals surface area (Å²) in [5.41, 5.74) is 8.13. The third-order valence-corrected chi connectivity index (χ3v) is 3.86. The van der Waals surface area contributed by atoms with Crippen molar-refractivity contribution in [2.24, 2.45) is 0 Å². The SMILES string of the molecule is Cc1ccc(C(=O)NCC(C)N2CCCC2)cc1N. The van der Waals surface area contributed by atoms with Crippen LogP contribution in [0.1, 0.15) is 35.7 Å². The summed E-state index contributed by atoms with van der Waals surface area (Å²) in [5.74, 6) is -0.0438. The number of anilines is 1. The van der Waals surface area contributed by atoms with Crippen molar-refractivity contribution >= 4 is 11.6 Å². The Morgan fingerprint density at radius 1 is 1.42 bits per heavy atom. The molecule has 1 amide bonds. The molecule has 4 nitrogen and oxygen atoms in total. The van der Waals surface area contributed by atoms with Gasteiger partial charge in [0.25, 0.3) is 5.91 Å². The predicted octanol–water partition coefficient (Wildman–Crippen LogP) is 1.79. The zero-order valence-corrected chi connectivity index (χ0v) is 11.8. The van der Waals surface area contributed by atoms with Gasteiger partial charge in [0.15, 0.2) is 0 Å². The summed E-state index contributed by atoms with van der Waals surface area (Å²) >= 11 is 0. The third-order valence-electron chi connectivity index (χ3n) is 3.86. The van der Waals surface area contributed by atoms with Gasteiger partial charge in [-0.2, -0.15) is 0 Å². The van der Waals surface area contributed by atoms with Crippen LogP contribution in [0.5, 0.6) is 0 Å². The van der Waals surface area contributed by atoms with Crippen LogP contribution in [0, 0.1) is 6.92 Å². The second-order valence-corrected chi connectivity index (χ2v) is 5.37. The molecular weight excluding hydrogens is 238 g/mol. The molecule has 2 rings (SSSR count). The average Bonchev–Trinajstić information content (AvgIpc) is 2.92. The number of rotatable bonds is 4. The van der Waals surface area contributed by atoms with Gasteiger partial charge in [0, 0.05) is 23.8 Å². The van der Waals surface area contributed by atoms with E-state index in [4.69, 9.17) is 5.73 Å². The summed E-state index contributed by atoms with van der Waals surface area (Å²) in [6.07, 6.45) is 2.54. The lowest BCUT2D eigenvalue weighted by molar-refractivity contribution is 0.0940. The van der Waals surface area contributed by atoms with Crippen LogP contribution >= 0.6 is 0 Å². The van der Waals surface area contributed by atoms with Crippen molar-refractivity contribution in [3.8, 4) is 0 Å². The number of carbonyl (C=O) groups is 1. The summed E-state index contributed by atoms with van der Waals surface area (Å²) in [6.45, 7) is 7.08. The number of nitrogens with one attached hydrogen (secondary N) is 1. The molecule has 3 N–H and O–H groups in total. The van der Waals surface area contributed by atoms with Crippen LogP contribution in [0.25, 0.3) is 0 Å². The molecular formula is C15H23N3O. The van der Waals surface area contributed by atoms with Crippen molar-refractivity contribution in [2.75, 3.05) is 25.4 Å². The second kappa shape index (κ2) is 6.06. The normalized spacial score (nSPS) is 17.4. The fourth-order valence-electron chi connectivity index (χ4n) is 2.44. The Hall–Kier alpha value is -1.55. The standard InChI is InChI=1S/C15H23N3O/c1-11-5-6-13(9-14(11)16)15(19)17-10-12(2)18-7-3-4-8-18/h5-6,9,12H,3-4,7-8,10,16H2,1-2H3,(H,17,19). The number of benzene rings is 1. The van der Waals surface area contributed by atoms with Crippen LogP contribution in [0.3, 0.4) is 0 Å². The van der Waals surface area contributed by atoms with Crippen molar-refractivity contribution in [1.82, 2.24) is 10.2 Å². The number of nitrogens with two attached hydrogens (primary N) is 1. The zero-order chi connectivity index (χ0) is 13.8. The van der Waals surface area contributed by atoms with Gasteiger partial charge in [-0.3, -0.25) is 9.69 Å². The van der Waals surface area contributed by atoms with E-state index in [1.165, 1.54) is 12.8 Å². The molecule has 0 spiro atoms. The van der Waals surface area contributed by atoms with Crippen LogP contribution in [-0.4, -0.2) is 36.5 Å². The first-order chi connectivity index (χ1) is 9.08. The van der Waals surface area contributed by atoms with Crippen LogP contribution in [-0.2, 0) is 0 Å². The van der Waals surface area contributed by atoms with E-state index in [0.717, 1.165) is 18.7 Å². The molecule has 1 aliphatic heterocycles. The first-order valence-corrected chi connectivity index (χ1v) is 6.96. The van der Waals surface area contributed by atoms with Gasteiger partial charge in [-0.15, -0.1) is 0 Å². The fraction of sp³-hybridized carbons (Fsp3) is 0.533. The van der Waals surface area contributed by atoms with Crippen molar-refractivity contribution in [3.63, 3.8) is 0 Å². The lowest BCUT2D eigenvalue weighted by atomic mass is 10.1. The number of hydrogen-bond acceptors (Lipinski definition) is 3. The molecule has 1 aromatic rings. The highest BCUT2D eigenvalue weighted by atomic mass is 16.1. The van der Waals surface area contributed by atoms with Crippen molar-refractivity contribution in [3.05, 3.63) is 29.3 Å². The Balaban J connectivity index is 1.88. The number of likely N-dealkylation sites (tertiary alicyclic amines) is 1. The number of carbonyl (C=O) groups excluding carboxylic acids is 1. The maximum atomic E-state index is 12.0. The van der Waals surface area contributed by atoms with E-state index in [2.05, 4.69) is 17.1 Å². The van der Waals surface area contributed by atoms with Gasteiger partial charge in [0.05, 0.1) is 0 Å². The molecule has 104 valence electrons. The van der Waals surface area contributed by atoms with Crippen LogP contribution < -0.4 is 11.1 Å². The molecule has 1 aliphatic rings. The van der Waals surface area contributed by atoms with Crippen molar-refractivity contribution in [2.45, 2.75) is 32.7 Å². The summed E-state index contributed by atoms with van der Waals surface area (Å²) in [4.78, 5) is 14.5. The summed E-state index contributed by atoms with van der Waals surface area (Å²) < 4.78 is 0. The first kappa shape index (κ1) is 13.9. The number of nitrogen functional groups attached to an aromatic ring is 1. The highest BCUT2D eigenvalue weighted by Gasteiger charge is 2.18. The molecule has 1 fully saturated rings. The summed E-state index contributed by atoms with van der Waals surface area (Å²) in [7, 11) is 0. The molecule has 0 saturated carbocycles. The van der Waals surface area contributed by atoms with Crippen LogP contribution in [0.2, 0.25) is 0 Å². The lowest BCUT2D eigenvalue weighted by Crippen LogP contribution is -2.40. The molecule has 4 heteroatoms. The number of amides is 1. The fourth-order valence-corrected chi connectivity index (χ4v) is 2.44. The van der Waals surface area contributed by atoms with E-state index < -0.39 is 0 Å². The van der Waals surface area contributed by atoms with E-state index in [9.17, 15) is 4.79 Å². The molecule has 1 unspecified atom stereocenters. The maximum Gasteiger partial charge on any atom is 0.251 e. The Labute approximate surface area is 115 Å². The molecule has 0 aromatic heterocycles. The summed E-state index contributed by atoms with van der Waals surface area (Å²) in [6, 6.07) is 5.84. The van der Waals surface area contributed by atoms with Gasteiger partial charge in [0.2, 0.25) is 0 Å². The molecule has 1 heterocycles. The lowest BCUT2D eigenvalue weighted by Gasteiger charge is -2.23. The molecule has 1 atom stereocenters. The first-order valence-electron chi connectivity index (χ1n) is 6.96. The van der Waals surface area contributed by atoms with E-state index in [-0.39, 0.29) is 5.91 Å². The second-order valence-electron chi connectivity index (χ2n) is 5.37. The third kappa shape index (κ3) is 3.47. The molecule has 0 bridgehead atoms. The predicted molar refractivity (Wildman–Crippen MR) is 78.2 cm³/mol. The van der Waals surface area contributed by atoms with Gasteiger partial charge >= 0.3 is 0 Å². The minimum absolute atomic E-state index is 0.0438. The highest BCUT2D eigenvalue weighted by Crippen LogP contribution is 2.13. The minimum Gasteiger partial charge on any atom is -0.398 e. The molecule has 0 aliphatic carbocycles. The molecule has 1 saturated heterocycles. The average molecular weight is 261 g/mol. The summed E-state index contributed by atoms with van der Waals surface area (Å²) in [5, 5.41) is 2.99. The largest absolute Gasteiger partial charge is 0.398 e. The van der Waals surface area contributed by atoms with Crippen LogP contribution in [0.4, 0.5) is 5.69 Å². The van der Waals surface area contributed by atoms with E-state index in [0.29, 0.717) is 23.8 Å². The number of nitrogens with zero attached hydrogens (tertiary/aromatic N) is 1. The Morgan fingerprint density at radius 3 is 2.74 bits per heavy atom. The van der Waals surface area contributed by atoms with E-state index in [1.807, 2.05) is 19.1 Å². The quantitative estimate of drug-likeness (QED) is 0.812. The Kier molecular flexibility index (Phi) is 4.43. The van der Waals surface area contributed by atoms with Gasteiger partial charge in [-0.05, 0) is 57.5 Å². The highest BCUT2D eigenvalue weighted by molar-refractivity contribution is 5.95.